The Morgan fingerprint density at radius 3 is 1.12 bits per heavy atom. The van der Waals surface area contributed by atoms with Gasteiger partial charge in [0.15, 0.2) is 0 Å². The molecule has 3 aromatic carbocycles. The van der Waals surface area contributed by atoms with Gasteiger partial charge in [0.05, 0.1) is 22.8 Å². The Hall–Kier alpha value is -3.43. The molecule has 0 aliphatic heterocycles. The number of benzene rings is 3. The van der Waals surface area contributed by atoms with Crippen LogP contribution in [0.3, 0.4) is 0 Å². The third kappa shape index (κ3) is 36.0. The fourth-order valence-electron chi connectivity index (χ4n) is 10.5. The van der Waals surface area contributed by atoms with Gasteiger partial charge >= 0.3 is 16.5 Å². The molecule has 3 rings (SSSR count). The zero-order valence-electron chi connectivity index (χ0n) is 51.7. The van der Waals surface area contributed by atoms with Crippen LogP contribution < -0.4 is 10.2 Å². The molecule has 0 aliphatic carbocycles. The van der Waals surface area contributed by atoms with Gasteiger partial charge in [0.25, 0.3) is 0 Å². The molecule has 0 saturated heterocycles. The van der Waals surface area contributed by atoms with Crippen molar-refractivity contribution in [3.05, 3.63) is 94.6 Å². The average molecular weight is 1110 g/mol. The van der Waals surface area contributed by atoms with Gasteiger partial charge in [-0.05, 0) is 130 Å². The predicted molar refractivity (Wildman–Crippen MR) is 341 cm³/mol. The summed E-state index contributed by atoms with van der Waals surface area (Å²) < 4.78 is 0. The number of aliphatic imine (C=N–C) groups is 2. The van der Waals surface area contributed by atoms with Crippen molar-refractivity contribution in [2.75, 3.05) is 0 Å². The van der Waals surface area contributed by atoms with E-state index in [0.29, 0.717) is 0 Å². The van der Waals surface area contributed by atoms with E-state index in [1.54, 1.807) is 6.07 Å². The summed E-state index contributed by atoms with van der Waals surface area (Å²) in [4.78, 5) is 10.6. The van der Waals surface area contributed by atoms with E-state index in [1.165, 1.54) is 214 Å². The van der Waals surface area contributed by atoms with Gasteiger partial charge < -0.3 is 10.2 Å². The quantitative estimate of drug-likeness (QED) is 0.0321. The van der Waals surface area contributed by atoms with Gasteiger partial charge in [-0.2, -0.15) is 0 Å². The summed E-state index contributed by atoms with van der Waals surface area (Å²) in [6.45, 7) is 15.6. The first kappa shape index (κ1) is 72.6. The first-order valence-corrected chi connectivity index (χ1v) is 33.1. The fraction of sp³-hybridized carbons (Fsp3) is 0.671. The molecule has 0 unspecified atom stereocenters. The van der Waals surface area contributed by atoms with Crippen LogP contribution in [0.5, 0.6) is 11.5 Å². The van der Waals surface area contributed by atoms with E-state index in [4.69, 9.17) is 9.98 Å². The summed E-state index contributed by atoms with van der Waals surface area (Å²) in [6, 6.07) is 19.3. The second-order valence-corrected chi connectivity index (χ2v) is 22.7. The largest absolute Gasteiger partial charge is 2.00 e. The number of hydrogen-bond donors (Lipinski definition) is 0. The summed E-state index contributed by atoms with van der Waals surface area (Å²) in [5.41, 5.74) is 10.1. The number of allylic oxidation sites excluding steroid dienone is 2. The van der Waals surface area contributed by atoms with E-state index in [9.17, 15) is 10.2 Å². The molecule has 0 heterocycles. The van der Waals surface area contributed by atoms with E-state index in [0.717, 1.165) is 106 Å². The maximum absolute atomic E-state index is 12.1. The van der Waals surface area contributed by atoms with Gasteiger partial charge in [0, 0.05) is 0 Å². The van der Waals surface area contributed by atoms with Gasteiger partial charge in [0.1, 0.15) is 0 Å². The van der Waals surface area contributed by atoms with Crippen LogP contribution in [0.25, 0.3) is 12.2 Å². The second kappa shape index (κ2) is 51.7. The van der Waals surface area contributed by atoms with Crippen LogP contribution in [0.15, 0.2) is 76.7 Å². The van der Waals surface area contributed by atoms with Crippen molar-refractivity contribution in [2.45, 2.75) is 318 Å². The van der Waals surface area contributed by atoms with Crippen LogP contribution in [0, 0.1) is 0 Å². The monoisotopic (exact) mass is 1110 g/mol. The second-order valence-electron chi connectivity index (χ2n) is 22.7. The summed E-state index contributed by atoms with van der Waals surface area (Å²) in [7, 11) is 0. The maximum atomic E-state index is 12.1. The molecule has 442 valence electrons. The molecule has 0 saturated carbocycles. The van der Waals surface area contributed by atoms with Crippen LogP contribution in [-0.4, -0.2) is 11.4 Å². The van der Waals surface area contributed by atoms with Crippen molar-refractivity contribution in [2.24, 2.45) is 9.98 Å². The molecule has 0 fully saturated rings. The number of hydrogen-bond acceptors (Lipinski definition) is 4. The van der Waals surface area contributed by atoms with E-state index < -0.39 is 0 Å². The minimum absolute atomic E-state index is 0. The molecule has 0 aliphatic rings. The van der Waals surface area contributed by atoms with Crippen LogP contribution in [0.4, 0.5) is 11.4 Å². The fourth-order valence-corrected chi connectivity index (χ4v) is 10.5. The van der Waals surface area contributed by atoms with Crippen LogP contribution in [0.2, 0.25) is 0 Å². The standard InChI is InChI=1S/C55H90N2.C18H30O2.Ni/c1-5-9-13-16-19-20-21-22-23-24-25-26-27-28-29-30-31-34-37-41-55(57-53-48-44-51(45-49-53)39-36-33-18-15-11-7-3)54(40-12-8-4)56-52-46-42-50(43-47-52)38-35-32-17-14-10-6-2;1-4-7-9-11-14-13-17(19)18(20)16(10-6-3)15(14)12-8-5-2;/h35-36,38-39,42-49H,5-34,37,40-41H2,1-4H3;13,19-20H,4-12H2,1-3H3;/q;;+2/p-2. The van der Waals surface area contributed by atoms with E-state index in [1.807, 2.05) is 0 Å². The Morgan fingerprint density at radius 1 is 0.359 bits per heavy atom. The minimum atomic E-state index is -0.305. The minimum Gasteiger partial charge on any atom is -0.873 e. The van der Waals surface area contributed by atoms with E-state index in [2.05, 4.69) is 121 Å². The van der Waals surface area contributed by atoms with Gasteiger partial charge in [-0.15, -0.1) is 11.5 Å². The Bertz CT molecular complexity index is 1960. The molecule has 3 aromatic rings. The molecule has 4 nitrogen and oxygen atoms in total. The van der Waals surface area contributed by atoms with Crippen LogP contribution in [0.1, 0.15) is 327 Å². The molecule has 0 amide bonds. The van der Waals surface area contributed by atoms with E-state index in [-0.39, 0.29) is 28.0 Å². The zero-order chi connectivity index (χ0) is 55.7. The van der Waals surface area contributed by atoms with Crippen molar-refractivity contribution in [3.63, 3.8) is 0 Å². The van der Waals surface area contributed by atoms with Crippen LogP contribution in [-0.2, 0) is 35.8 Å². The first-order valence-electron chi connectivity index (χ1n) is 33.1. The Labute approximate surface area is 493 Å². The Kier molecular flexibility index (Phi) is 48.1. The van der Waals surface area contributed by atoms with E-state index >= 15 is 0 Å². The van der Waals surface area contributed by atoms with Crippen molar-refractivity contribution < 1.29 is 26.7 Å². The summed E-state index contributed by atoms with van der Waals surface area (Å²) in [6.07, 6.45) is 62.3. The Morgan fingerprint density at radius 2 is 0.718 bits per heavy atom. The molecule has 5 heteroatoms. The number of aryl methyl sites for hydroxylation is 1. The first-order chi connectivity index (χ1) is 37.8. The zero-order valence-corrected chi connectivity index (χ0v) is 52.7. The summed E-state index contributed by atoms with van der Waals surface area (Å²) in [5.74, 6) is -0.558. The van der Waals surface area contributed by atoms with Crippen molar-refractivity contribution >= 4 is 35.0 Å². The number of unbranched alkanes of at least 4 members (excludes halogenated alkanes) is 30. The molecule has 0 aromatic heterocycles. The van der Waals surface area contributed by atoms with Crippen molar-refractivity contribution in [3.8, 4) is 11.5 Å². The van der Waals surface area contributed by atoms with Crippen molar-refractivity contribution in [1.82, 2.24) is 0 Å². The molecule has 0 atom stereocenters. The molecule has 0 radical (unpaired) electrons. The number of rotatable bonds is 47. The Balaban J connectivity index is 0.00000121. The average Bonchev–Trinajstić information content (AvgIpc) is 3.46. The third-order valence-corrected chi connectivity index (χ3v) is 15.4. The molecule has 0 spiro atoms. The molecule has 78 heavy (non-hydrogen) atoms. The topological polar surface area (TPSA) is 70.8 Å². The molecular weight excluding hydrogens is 996 g/mol. The predicted octanol–water partition coefficient (Wildman–Crippen LogP) is 23.4. The number of nitrogens with zero attached hydrogens (tertiary/aromatic N) is 2. The van der Waals surface area contributed by atoms with Crippen LogP contribution >= 0.6 is 0 Å². The molecule has 0 bridgehead atoms. The molecular formula is C73H118N2NiO2. The maximum Gasteiger partial charge on any atom is 2.00 e. The van der Waals surface area contributed by atoms with Gasteiger partial charge in [-0.3, -0.25) is 9.98 Å². The van der Waals surface area contributed by atoms with Gasteiger partial charge in [0.2, 0.25) is 0 Å². The summed E-state index contributed by atoms with van der Waals surface area (Å²) >= 11 is 0. The normalized spacial score (nSPS) is 11.9. The molecule has 0 N–H and O–H groups in total. The summed E-state index contributed by atoms with van der Waals surface area (Å²) in [5, 5.41) is 24.0. The van der Waals surface area contributed by atoms with Gasteiger partial charge in [-0.25, -0.2) is 0 Å². The van der Waals surface area contributed by atoms with Crippen molar-refractivity contribution in [1.29, 1.82) is 0 Å². The third-order valence-electron chi connectivity index (χ3n) is 15.4. The smallest absolute Gasteiger partial charge is 0.873 e. The van der Waals surface area contributed by atoms with Gasteiger partial charge in [-0.1, -0.05) is 295 Å². The SMILES string of the molecule is CCCCCCC=Cc1ccc(N=C(CCCC)C(CCCCCCCCCCCCCCCCCCCCC)=Nc2ccc(C=CCCCCCC)cc2)cc1.CCCCCc1cc([O-])c([O-])c(CCC)c1CCCC.[Ni+2].